The number of hydrogen-bond donors (Lipinski definition) is 3. The third-order valence-corrected chi connectivity index (χ3v) is 11.2. The first kappa shape index (κ1) is 38.3. The highest BCUT2D eigenvalue weighted by molar-refractivity contribution is 6.07. The Morgan fingerprint density at radius 1 is 1.00 bits per heavy atom. The highest BCUT2D eigenvalue weighted by Crippen LogP contribution is 2.44. The third kappa shape index (κ3) is 7.38. The van der Waals surface area contributed by atoms with Crippen molar-refractivity contribution < 1.29 is 33.3 Å². The highest BCUT2D eigenvalue weighted by Gasteiger charge is 2.42. The Morgan fingerprint density at radius 2 is 1.82 bits per heavy atom. The van der Waals surface area contributed by atoms with Crippen LogP contribution in [0.15, 0.2) is 48.7 Å². The molecule has 0 spiro atoms. The Labute approximate surface area is 331 Å². The second-order valence-electron chi connectivity index (χ2n) is 16.7. The van der Waals surface area contributed by atoms with Gasteiger partial charge in [0.15, 0.2) is 0 Å². The largest absolute Gasteiger partial charge is 0.488 e. The molecule has 3 aliphatic heterocycles. The van der Waals surface area contributed by atoms with Crippen LogP contribution in [-0.2, 0) is 25.6 Å². The molecule has 14 heteroatoms. The lowest BCUT2D eigenvalue weighted by Crippen LogP contribution is -2.51. The van der Waals surface area contributed by atoms with E-state index in [4.69, 9.17) is 28.9 Å². The van der Waals surface area contributed by atoms with Gasteiger partial charge in [-0.1, -0.05) is 32.0 Å². The number of aromatic amines is 2. The number of likely N-dealkylation sites (tertiary alicyclic amines) is 2. The molecule has 0 aliphatic carbocycles. The Hall–Kier alpha value is -5.63. The maximum atomic E-state index is 14.0. The number of fused-ring (bicyclic) bond motifs is 6. The van der Waals surface area contributed by atoms with Gasteiger partial charge >= 0.3 is 12.2 Å². The molecule has 2 fully saturated rings. The van der Waals surface area contributed by atoms with Crippen molar-refractivity contribution in [3.63, 3.8) is 0 Å². The minimum atomic E-state index is -0.750. The number of hydrogen-bond acceptors (Lipinski definition) is 9. The fraction of sp³-hybridized carbons (Fsp3) is 0.465. The topological polar surface area (TPSA) is 164 Å². The molecule has 0 unspecified atom stereocenters. The van der Waals surface area contributed by atoms with Crippen LogP contribution in [0.5, 0.6) is 5.75 Å². The second-order valence-corrected chi connectivity index (χ2v) is 16.7. The maximum absolute atomic E-state index is 14.0. The molecule has 0 radical (unpaired) electrons. The smallest absolute Gasteiger partial charge is 0.410 e. The van der Waals surface area contributed by atoms with E-state index < -0.39 is 17.7 Å². The zero-order valence-corrected chi connectivity index (χ0v) is 33.6. The molecule has 3 aromatic carbocycles. The van der Waals surface area contributed by atoms with Gasteiger partial charge in [-0.05, 0) is 92.3 Å². The van der Waals surface area contributed by atoms with E-state index in [0.717, 1.165) is 74.2 Å². The van der Waals surface area contributed by atoms with Crippen molar-refractivity contribution in [3.05, 3.63) is 65.9 Å². The summed E-state index contributed by atoms with van der Waals surface area (Å²) < 4.78 is 22.4. The number of amides is 3. The summed E-state index contributed by atoms with van der Waals surface area (Å²) in [5.74, 6) is 2.00. The van der Waals surface area contributed by atoms with E-state index in [1.165, 1.54) is 7.11 Å². The first-order valence-corrected chi connectivity index (χ1v) is 19.7. The van der Waals surface area contributed by atoms with Crippen molar-refractivity contribution in [2.24, 2.45) is 11.8 Å². The number of methoxy groups -OCH3 is 2. The molecule has 57 heavy (non-hydrogen) atoms. The summed E-state index contributed by atoms with van der Waals surface area (Å²) in [6.07, 6.45) is 3.26. The Morgan fingerprint density at radius 3 is 2.58 bits per heavy atom. The number of aromatic nitrogens is 4. The SMILES string of the molecule is COC[C@H]1C[C@@H](c2nc3c(ccc4cc5c(cc43)OCc3cc(-c4cnc([C@@H]6CCCN6C(=O)OC(C)(C)C)[nH]4)ccc3-5)[nH]2)N(C(=O)[C@@H](NC(=O)OC)C(C)C)C1. The molecule has 2 aromatic heterocycles. The predicted molar refractivity (Wildman–Crippen MR) is 214 cm³/mol. The van der Waals surface area contributed by atoms with Gasteiger partial charge in [-0.25, -0.2) is 19.6 Å². The van der Waals surface area contributed by atoms with E-state index in [2.05, 4.69) is 51.7 Å². The van der Waals surface area contributed by atoms with Crippen LogP contribution in [-0.4, -0.2) is 93.4 Å². The number of carbonyl (C=O) groups excluding carboxylic acids is 3. The highest BCUT2D eigenvalue weighted by atomic mass is 16.6. The number of rotatable bonds is 8. The average molecular weight is 778 g/mol. The van der Waals surface area contributed by atoms with Crippen molar-refractivity contribution in [2.75, 3.05) is 33.9 Å². The van der Waals surface area contributed by atoms with Gasteiger partial charge in [-0.2, -0.15) is 0 Å². The van der Waals surface area contributed by atoms with Gasteiger partial charge < -0.3 is 39.1 Å². The zero-order chi connectivity index (χ0) is 40.2. The van der Waals surface area contributed by atoms with Crippen molar-refractivity contribution in [2.45, 2.75) is 84.2 Å². The Bertz CT molecular complexity index is 2340. The van der Waals surface area contributed by atoms with Crippen LogP contribution in [0.3, 0.4) is 0 Å². The van der Waals surface area contributed by atoms with Gasteiger partial charge in [0.05, 0.1) is 48.7 Å². The van der Waals surface area contributed by atoms with Crippen molar-refractivity contribution in [1.29, 1.82) is 0 Å². The van der Waals surface area contributed by atoms with E-state index in [1.807, 2.05) is 51.8 Å². The fourth-order valence-electron chi connectivity index (χ4n) is 8.53. The average Bonchev–Trinajstić information content (AvgIpc) is 4.01. The maximum Gasteiger partial charge on any atom is 0.410 e. The van der Waals surface area contributed by atoms with Gasteiger partial charge in [0, 0.05) is 37.1 Å². The summed E-state index contributed by atoms with van der Waals surface area (Å²) in [7, 11) is 2.96. The van der Waals surface area contributed by atoms with E-state index in [1.54, 1.807) is 12.0 Å². The minimum absolute atomic E-state index is 0.109. The number of carbonyl (C=O) groups is 3. The van der Waals surface area contributed by atoms with E-state index >= 15 is 0 Å². The van der Waals surface area contributed by atoms with E-state index in [-0.39, 0.29) is 35.9 Å². The van der Waals surface area contributed by atoms with Gasteiger partial charge in [-0.3, -0.25) is 9.69 Å². The second kappa shape index (κ2) is 15.0. The Balaban J connectivity index is 1.06. The number of ether oxygens (including phenoxy) is 4. The molecule has 3 amide bonds. The lowest BCUT2D eigenvalue weighted by Gasteiger charge is -2.30. The number of benzene rings is 3. The number of imidazole rings is 2. The molecule has 0 saturated carbocycles. The molecule has 0 bridgehead atoms. The third-order valence-electron chi connectivity index (χ3n) is 11.2. The summed E-state index contributed by atoms with van der Waals surface area (Å²) >= 11 is 0. The van der Waals surface area contributed by atoms with Crippen molar-refractivity contribution in [1.82, 2.24) is 35.1 Å². The standard InChI is InChI=1S/C43H51N7O7/c1-23(2)36(48-41(52)55-7)40(51)50-20-24(21-54-6)15-34(50)39-45-31-13-11-25-17-30-28-12-10-26(16-27(28)22-56-35(30)18-29(25)37(31)47-39)32-19-44-38(46-32)33-9-8-14-49(33)42(53)57-43(3,4)5/h10-13,16-19,23-24,33-34,36H,8-9,14-15,20-22H2,1-7H3,(H,44,46)(H,45,47)(H,48,52)/t24-,33-,34-,36-/m0/s1. The van der Waals surface area contributed by atoms with Crippen LogP contribution in [0.2, 0.25) is 0 Å². The normalized spacial score (nSPS) is 19.8. The van der Waals surface area contributed by atoms with Gasteiger partial charge in [0.1, 0.15) is 35.6 Å². The van der Waals surface area contributed by atoms with Crippen LogP contribution in [0.1, 0.15) is 83.2 Å². The van der Waals surface area contributed by atoms with Crippen LogP contribution in [0, 0.1) is 11.8 Å². The van der Waals surface area contributed by atoms with Gasteiger partial charge in [0.25, 0.3) is 0 Å². The molecule has 5 heterocycles. The molecule has 300 valence electrons. The summed E-state index contributed by atoms with van der Waals surface area (Å²) in [5, 5.41) is 4.70. The lowest BCUT2D eigenvalue weighted by atomic mass is 9.92. The van der Waals surface area contributed by atoms with Crippen LogP contribution >= 0.6 is 0 Å². The monoisotopic (exact) mass is 777 g/mol. The molecule has 14 nitrogen and oxygen atoms in total. The van der Waals surface area contributed by atoms with Crippen LogP contribution in [0.4, 0.5) is 9.59 Å². The molecular formula is C43H51N7O7. The van der Waals surface area contributed by atoms with Crippen molar-refractivity contribution in [3.8, 4) is 28.1 Å². The number of nitrogens with one attached hydrogen (secondary N) is 3. The van der Waals surface area contributed by atoms with Crippen molar-refractivity contribution >= 4 is 39.9 Å². The molecule has 2 saturated heterocycles. The molecule has 5 aromatic rings. The molecule has 3 aliphatic rings. The minimum Gasteiger partial charge on any atom is -0.488 e. The van der Waals surface area contributed by atoms with E-state index in [9.17, 15) is 14.4 Å². The summed E-state index contributed by atoms with van der Waals surface area (Å²) in [6.45, 7) is 11.5. The summed E-state index contributed by atoms with van der Waals surface area (Å²) in [6, 6.07) is 13.5. The summed E-state index contributed by atoms with van der Waals surface area (Å²) in [5.41, 5.74) is 6.12. The zero-order valence-electron chi connectivity index (χ0n) is 33.6. The summed E-state index contributed by atoms with van der Waals surface area (Å²) in [4.78, 5) is 59.6. The first-order valence-electron chi connectivity index (χ1n) is 19.7. The predicted octanol–water partition coefficient (Wildman–Crippen LogP) is 7.65. The van der Waals surface area contributed by atoms with E-state index in [0.29, 0.717) is 38.5 Å². The molecule has 3 N–H and O–H groups in total. The van der Waals surface area contributed by atoms with Gasteiger partial charge in [-0.15, -0.1) is 0 Å². The first-order chi connectivity index (χ1) is 27.3. The lowest BCUT2D eigenvalue weighted by molar-refractivity contribution is -0.135. The molecular weight excluding hydrogens is 727 g/mol. The number of H-pyrrole nitrogens is 2. The van der Waals surface area contributed by atoms with Gasteiger partial charge in [0.2, 0.25) is 5.91 Å². The number of alkyl carbamates (subject to hydrolysis) is 1. The Kier molecular flexibility index (Phi) is 10.1. The fourth-order valence-corrected chi connectivity index (χ4v) is 8.53. The number of nitrogens with zero attached hydrogens (tertiary/aromatic N) is 4. The van der Waals surface area contributed by atoms with Crippen LogP contribution in [0.25, 0.3) is 44.2 Å². The molecule has 4 atom stereocenters. The molecule has 8 rings (SSSR count). The quantitative estimate of drug-likeness (QED) is 0.144. The van der Waals surface area contributed by atoms with Crippen LogP contribution < -0.4 is 10.1 Å².